The number of fused-ring (bicyclic) bond motifs is 1. The zero-order chi connectivity index (χ0) is 18.4. The fourth-order valence-electron chi connectivity index (χ4n) is 3.75. The molecule has 0 unspecified atom stereocenters. The van der Waals surface area contributed by atoms with Crippen LogP contribution < -0.4 is 5.56 Å². The Morgan fingerprint density at radius 1 is 1.30 bits per heavy atom. The van der Waals surface area contributed by atoms with Gasteiger partial charge in [0.2, 0.25) is 0 Å². The highest BCUT2D eigenvalue weighted by molar-refractivity contribution is 5.62. The van der Waals surface area contributed by atoms with Gasteiger partial charge in [0.25, 0.3) is 5.56 Å². The zero-order valence-electron chi connectivity index (χ0n) is 14.8. The number of aromatic amines is 2. The predicted molar refractivity (Wildman–Crippen MR) is 98.6 cm³/mol. The molecule has 0 spiro atoms. The van der Waals surface area contributed by atoms with Crippen molar-refractivity contribution in [2.45, 2.75) is 38.3 Å². The zero-order valence-corrected chi connectivity index (χ0v) is 14.8. The Hall–Kier alpha value is -2.80. The minimum Gasteiger partial charge on any atom is -0.310 e. The molecule has 0 atom stereocenters. The molecule has 138 valence electrons. The van der Waals surface area contributed by atoms with E-state index in [1.165, 1.54) is 12.1 Å². The van der Waals surface area contributed by atoms with E-state index in [0.29, 0.717) is 19.0 Å². The number of hydrogen-bond donors (Lipinski definition) is 2. The second-order valence-electron chi connectivity index (χ2n) is 7.39. The Labute approximate surface area is 155 Å². The lowest BCUT2D eigenvalue weighted by molar-refractivity contribution is 0.241. The van der Waals surface area contributed by atoms with Crippen LogP contribution in [-0.2, 0) is 19.5 Å². The van der Waals surface area contributed by atoms with Crippen molar-refractivity contribution < 1.29 is 4.39 Å². The van der Waals surface area contributed by atoms with Crippen molar-refractivity contribution in [2.75, 3.05) is 6.54 Å². The van der Waals surface area contributed by atoms with E-state index >= 15 is 0 Å². The van der Waals surface area contributed by atoms with Crippen LogP contribution in [0.15, 0.2) is 35.3 Å². The van der Waals surface area contributed by atoms with Gasteiger partial charge in [0.15, 0.2) is 0 Å². The summed E-state index contributed by atoms with van der Waals surface area (Å²) in [6.45, 7) is 2.04. The van der Waals surface area contributed by atoms with Crippen molar-refractivity contribution in [3.63, 3.8) is 0 Å². The molecule has 5 rings (SSSR count). The molecule has 27 heavy (non-hydrogen) atoms. The molecule has 1 aliphatic carbocycles. The quantitative estimate of drug-likeness (QED) is 0.745. The van der Waals surface area contributed by atoms with Crippen LogP contribution in [0.1, 0.15) is 41.4 Å². The third kappa shape index (κ3) is 3.19. The van der Waals surface area contributed by atoms with Crippen molar-refractivity contribution in [2.24, 2.45) is 0 Å². The molecule has 2 aliphatic rings. The van der Waals surface area contributed by atoms with Gasteiger partial charge in [-0.05, 0) is 25.0 Å². The molecule has 3 heterocycles. The molecular weight excluding hydrogens is 345 g/mol. The van der Waals surface area contributed by atoms with Crippen LogP contribution in [0.2, 0.25) is 0 Å². The van der Waals surface area contributed by atoms with Gasteiger partial charge in [0.1, 0.15) is 11.6 Å². The van der Waals surface area contributed by atoms with Crippen LogP contribution in [0.5, 0.6) is 0 Å². The van der Waals surface area contributed by atoms with Gasteiger partial charge in [-0.25, -0.2) is 9.37 Å². The van der Waals surface area contributed by atoms with E-state index < -0.39 is 0 Å². The van der Waals surface area contributed by atoms with Crippen molar-refractivity contribution >= 4 is 0 Å². The highest BCUT2D eigenvalue weighted by atomic mass is 19.1. The van der Waals surface area contributed by atoms with Gasteiger partial charge in [-0.3, -0.25) is 14.8 Å². The predicted octanol–water partition coefficient (Wildman–Crippen LogP) is 2.73. The average Bonchev–Trinajstić information content (AvgIpc) is 3.41. The van der Waals surface area contributed by atoms with E-state index in [1.807, 2.05) is 6.07 Å². The lowest BCUT2D eigenvalue weighted by Gasteiger charge is -2.27. The van der Waals surface area contributed by atoms with Crippen LogP contribution in [-0.4, -0.2) is 31.6 Å². The smallest absolute Gasteiger partial charge is 0.255 e. The maximum absolute atomic E-state index is 13.6. The third-order valence-electron chi connectivity index (χ3n) is 5.36. The minimum atomic E-state index is -0.274. The van der Waals surface area contributed by atoms with Gasteiger partial charge < -0.3 is 4.98 Å². The van der Waals surface area contributed by atoms with E-state index in [4.69, 9.17) is 4.98 Å². The van der Waals surface area contributed by atoms with Crippen LogP contribution in [0.3, 0.4) is 0 Å². The Kier molecular flexibility index (Phi) is 3.89. The Bertz CT molecular complexity index is 1050. The molecule has 1 saturated carbocycles. The third-order valence-corrected chi connectivity index (χ3v) is 5.36. The lowest BCUT2D eigenvalue weighted by Crippen LogP contribution is -2.35. The maximum atomic E-state index is 13.6. The molecule has 3 aromatic rings. The van der Waals surface area contributed by atoms with E-state index in [-0.39, 0.29) is 11.4 Å². The molecule has 2 aromatic heterocycles. The molecule has 0 radical (unpaired) electrons. The fourth-order valence-corrected chi connectivity index (χ4v) is 3.75. The molecule has 1 aromatic carbocycles. The summed E-state index contributed by atoms with van der Waals surface area (Å²) < 4.78 is 13.6. The topological polar surface area (TPSA) is 77.7 Å². The van der Waals surface area contributed by atoms with E-state index in [1.54, 1.807) is 12.3 Å². The molecular formula is C20H20FN5O. The average molecular weight is 365 g/mol. The normalized spacial score (nSPS) is 17.1. The van der Waals surface area contributed by atoms with Gasteiger partial charge in [-0.15, -0.1) is 0 Å². The largest absolute Gasteiger partial charge is 0.310 e. The second kappa shape index (κ2) is 6.42. The van der Waals surface area contributed by atoms with E-state index in [0.717, 1.165) is 59.7 Å². The molecule has 7 heteroatoms. The van der Waals surface area contributed by atoms with Gasteiger partial charge in [-0.1, -0.05) is 12.1 Å². The number of aromatic nitrogens is 4. The maximum Gasteiger partial charge on any atom is 0.255 e. The second-order valence-corrected chi connectivity index (χ2v) is 7.39. The Morgan fingerprint density at radius 2 is 2.19 bits per heavy atom. The first-order valence-corrected chi connectivity index (χ1v) is 9.30. The van der Waals surface area contributed by atoms with Gasteiger partial charge >= 0.3 is 0 Å². The van der Waals surface area contributed by atoms with E-state index in [9.17, 15) is 9.18 Å². The summed E-state index contributed by atoms with van der Waals surface area (Å²) in [7, 11) is 0. The van der Waals surface area contributed by atoms with Crippen LogP contribution in [0.25, 0.3) is 11.3 Å². The van der Waals surface area contributed by atoms with Gasteiger partial charge in [-0.2, -0.15) is 5.10 Å². The molecule has 2 N–H and O–H groups in total. The summed E-state index contributed by atoms with van der Waals surface area (Å²) >= 11 is 0. The highest BCUT2D eigenvalue weighted by Crippen LogP contribution is 2.37. The number of rotatable bonds is 4. The number of benzene rings is 1. The Morgan fingerprint density at radius 3 is 3.00 bits per heavy atom. The van der Waals surface area contributed by atoms with Gasteiger partial charge in [0.05, 0.1) is 23.1 Å². The number of H-pyrrole nitrogens is 2. The summed E-state index contributed by atoms with van der Waals surface area (Å²) in [5.74, 6) is 1.03. The van der Waals surface area contributed by atoms with Crippen LogP contribution >= 0.6 is 0 Å². The van der Waals surface area contributed by atoms with Crippen molar-refractivity contribution in [3.05, 3.63) is 69.3 Å². The lowest BCUT2D eigenvalue weighted by atomic mass is 10.0. The first-order valence-electron chi connectivity index (χ1n) is 9.30. The SMILES string of the molecule is O=c1[nH]c(C2CC2)nc2c1CN(Cc1cn[nH]c1-c1cccc(F)c1)CC2. The standard InChI is InChI=1S/C20H20FN5O/c21-15-3-1-2-13(8-15)18-14(9-22-25-18)10-26-7-6-17-16(11-26)20(27)24-19(23-17)12-4-5-12/h1-3,8-9,12H,4-7,10-11H2,(H,22,25)(H,23,24,27). The van der Waals surface area contributed by atoms with Crippen molar-refractivity contribution in [3.8, 4) is 11.3 Å². The fraction of sp³-hybridized carbons (Fsp3) is 0.350. The summed E-state index contributed by atoms with van der Waals surface area (Å²) in [4.78, 5) is 22.4. The Balaban J connectivity index is 1.38. The number of halogens is 1. The molecule has 1 aliphatic heterocycles. The molecule has 6 nitrogen and oxygen atoms in total. The molecule has 0 bridgehead atoms. The van der Waals surface area contributed by atoms with Crippen LogP contribution in [0.4, 0.5) is 4.39 Å². The summed E-state index contributed by atoms with van der Waals surface area (Å²) in [6.07, 6.45) is 4.79. The summed E-state index contributed by atoms with van der Waals surface area (Å²) in [5, 5.41) is 7.11. The molecule has 0 saturated heterocycles. The van der Waals surface area contributed by atoms with E-state index in [2.05, 4.69) is 20.1 Å². The summed E-state index contributed by atoms with van der Waals surface area (Å²) in [6, 6.07) is 6.47. The first-order chi connectivity index (χ1) is 13.2. The monoisotopic (exact) mass is 365 g/mol. The van der Waals surface area contributed by atoms with Crippen LogP contribution in [0, 0.1) is 5.82 Å². The summed E-state index contributed by atoms with van der Waals surface area (Å²) in [5.41, 5.74) is 4.27. The minimum absolute atomic E-state index is 0.0100. The molecule has 0 amide bonds. The van der Waals surface area contributed by atoms with Crippen molar-refractivity contribution in [1.82, 2.24) is 25.1 Å². The molecule has 1 fully saturated rings. The first kappa shape index (κ1) is 16.4. The van der Waals surface area contributed by atoms with Gasteiger partial charge in [0, 0.05) is 43.1 Å². The number of hydrogen-bond acceptors (Lipinski definition) is 4. The highest BCUT2D eigenvalue weighted by Gasteiger charge is 2.29. The number of nitrogens with one attached hydrogen (secondary N) is 2. The number of nitrogens with zero attached hydrogens (tertiary/aromatic N) is 3. The van der Waals surface area contributed by atoms with Crippen molar-refractivity contribution in [1.29, 1.82) is 0 Å².